The lowest BCUT2D eigenvalue weighted by molar-refractivity contribution is -0.120. The van der Waals surface area contributed by atoms with Crippen LogP contribution in [0.1, 0.15) is 17.4 Å². The predicted molar refractivity (Wildman–Crippen MR) is 103 cm³/mol. The summed E-state index contributed by atoms with van der Waals surface area (Å²) >= 11 is 0. The highest BCUT2D eigenvalue weighted by molar-refractivity contribution is 5.75. The van der Waals surface area contributed by atoms with Crippen LogP contribution >= 0.6 is 0 Å². The number of imidazole rings is 1. The lowest BCUT2D eigenvalue weighted by atomic mass is 10.1. The van der Waals surface area contributed by atoms with E-state index in [-0.39, 0.29) is 12.6 Å². The summed E-state index contributed by atoms with van der Waals surface area (Å²) in [5.41, 5.74) is 6.20. The van der Waals surface area contributed by atoms with Crippen LogP contribution in [0.15, 0.2) is 24.5 Å². The molecular formula is C19H27N5O4. The normalized spacial score (nSPS) is 17.3. The Bertz CT molecular complexity index is 797. The van der Waals surface area contributed by atoms with Gasteiger partial charge in [0.1, 0.15) is 5.82 Å². The third-order valence-electron chi connectivity index (χ3n) is 4.78. The summed E-state index contributed by atoms with van der Waals surface area (Å²) in [6, 6.07) is 3.96. The molecular weight excluding hydrogens is 362 g/mol. The number of rotatable bonds is 8. The van der Waals surface area contributed by atoms with Crippen LogP contribution in [-0.2, 0) is 18.4 Å². The van der Waals surface area contributed by atoms with E-state index in [2.05, 4.69) is 15.2 Å². The molecule has 3 rings (SSSR count). The molecule has 152 valence electrons. The minimum absolute atomic E-state index is 0.163. The Balaban J connectivity index is 1.86. The van der Waals surface area contributed by atoms with Gasteiger partial charge < -0.3 is 29.8 Å². The number of aryl methyl sites for hydroxylation is 1. The van der Waals surface area contributed by atoms with E-state index in [9.17, 15) is 4.79 Å². The molecule has 1 aromatic heterocycles. The van der Waals surface area contributed by atoms with Gasteiger partial charge >= 0.3 is 0 Å². The van der Waals surface area contributed by atoms with Crippen LogP contribution in [0.4, 0.5) is 0 Å². The molecule has 1 fully saturated rings. The van der Waals surface area contributed by atoms with Gasteiger partial charge in [0, 0.05) is 45.6 Å². The molecule has 9 nitrogen and oxygen atoms in total. The number of hydrogen-bond donors (Lipinski definition) is 2. The van der Waals surface area contributed by atoms with Crippen molar-refractivity contribution in [3.05, 3.63) is 35.9 Å². The highest BCUT2D eigenvalue weighted by atomic mass is 16.5. The summed E-state index contributed by atoms with van der Waals surface area (Å²) in [5.74, 6) is 1.83. The van der Waals surface area contributed by atoms with Crippen LogP contribution in [-0.4, -0.2) is 60.8 Å². The number of piperazine rings is 1. The van der Waals surface area contributed by atoms with Crippen LogP contribution in [0.5, 0.6) is 17.2 Å². The SMILES string of the molecule is COc1cc(CN2CCNCC2c2nccn2C)cc(OC)c1OCC(N)=O. The lowest BCUT2D eigenvalue weighted by Gasteiger charge is -2.35. The second kappa shape index (κ2) is 8.94. The molecule has 1 atom stereocenters. The lowest BCUT2D eigenvalue weighted by Crippen LogP contribution is -2.46. The van der Waals surface area contributed by atoms with E-state index < -0.39 is 5.91 Å². The van der Waals surface area contributed by atoms with Crippen molar-refractivity contribution in [3.8, 4) is 17.2 Å². The van der Waals surface area contributed by atoms with E-state index >= 15 is 0 Å². The van der Waals surface area contributed by atoms with E-state index in [4.69, 9.17) is 19.9 Å². The van der Waals surface area contributed by atoms with Gasteiger partial charge in [0.2, 0.25) is 5.75 Å². The summed E-state index contributed by atoms with van der Waals surface area (Å²) in [5, 5.41) is 3.44. The highest BCUT2D eigenvalue weighted by Gasteiger charge is 2.27. The molecule has 2 aromatic rings. The predicted octanol–water partition coefficient (Wildman–Crippen LogP) is 0.448. The Morgan fingerprint density at radius 2 is 2.04 bits per heavy atom. The molecule has 0 saturated carbocycles. The first kappa shape index (κ1) is 20.0. The van der Waals surface area contributed by atoms with Crippen LogP contribution in [0, 0.1) is 0 Å². The van der Waals surface area contributed by atoms with Gasteiger partial charge in [-0.1, -0.05) is 0 Å². The number of benzene rings is 1. The maximum atomic E-state index is 11.1. The fourth-order valence-electron chi connectivity index (χ4n) is 3.43. The van der Waals surface area contributed by atoms with E-state index in [0.29, 0.717) is 23.8 Å². The number of aromatic nitrogens is 2. The van der Waals surface area contributed by atoms with E-state index in [0.717, 1.165) is 31.0 Å². The van der Waals surface area contributed by atoms with Gasteiger partial charge in [0.15, 0.2) is 18.1 Å². The van der Waals surface area contributed by atoms with Gasteiger partial charge in [-0.25, -0.2) is 4.98 Å². The number of methoxy groups -OCH3 is 2. The number of nitrogens with zero attached hydrogens (tertiary/aromatic N) is 3. The fraction of sp³-hybridized carbons (Fsp3) is 0.474. The minimum Gasteiger partial charge on any atom is -0.493 e. The van der Waals surface area contributed by atoms with Crippen molar-refractivity contribution in [1.29, 1.82) is 0 Å². The van der Waals surface area contributed by atoms with Crippen molar-refractivity contribution in [2.45, 2.75) is 12.6 Å². The largest absolute Gasteiger partial charge is 0.493 e. The van der Waals surface area contributed by atoms with Crippen LogP contribution < -0.4 is 25.3 Å². The summed E-state index contributed by atoms with van der Waals surface area (Å²) in [6.45, 7) is 3.09. The van der Waals surface area contributed by atoms with Crippen LogP contribution in [0.3, 0.4) is 0 Å². The number of carbonyl (C=O) groups is 1. The van der Waals surface area contributed by atoms with Crippen molar-refractivity contribution < 1.29 is 19.0 Å². The summed E-state index contributed by atoms with van der Waals surface area (Å²) < 4.78 is 18.5. The zero-order chi connectivity index (χ0) is 20.1. The first-order chi connectivity index (χ1) is 13.5. The molecule has 9 heteroatoms. The van der Waals surface area contributed by atoms with E-state index in [1.807, 2.05) is 36.1 Å². The average Bonchev–Trinajstić information content (AvgIpc) is 3.12. The number of primary amides is 1. The average molecular weight is 389 g/mol. The van der Waals surface area contributed by atoms with Crippen molar-refractivity contribution in [2.24, 2.45) is 12.8 Å². The van der Waals surface area contributed by atoms with Gasteiger partial charge in [-0.3, -0.25) is 9.69 Å². The second-order valence-corrected chi connectivity index (χ2v) is 6.67. The summed E-state index contributed by atoms with van der Waals surface area (Å²) in [4.78, 5) is 18.0. The maximum Gasteiger partial charge on any atom is 0.255 e. The zero-order valence-corrected chi connectivity index (χ0v) is 16.5. The number of hydrogen-bond acceptors (Lipinski definition) is 7. The van der Waals surface area contributed by atoms with Crippen LogP contribution in [0.25, 0.3) is 0 Å². The molecule has 3 N–H and O–H groups in total. The topological polar surface area (TPSA) is 104 Å². The molecule has 1 saturated heterocycles. The van der Waals surface area contributed by atoms with Gasteiger partial charge in [0.25, 0.3) is 5.91 Å². The number of nitrogens with one attached hydrogen (secondary N) is 1. The highest BCUT2D eigenvalue weighted by Crippen LogP contribution is 2.39. The molecule has 1 aliphatic heterocycles. The number of ether oxygens (including phenoxy) is 3. The monoisotopic (exact) mass is 389 g/mol. The molecule has 1 unspecified atom stereocenters. The van der Waals surface area contributed by atoms with Crippen molar-refractivity contribution in [3.63, 3.8) is 0 Å². The maximum absolute atomic E-state index is 11.1. The Hall–Kier alpha value is -2.78. The molecule has 0 spiro atoms. The van der Waals surface area contributed by atoms with E-state index in [1.165, 1.54) is 0 Å². The first-order valence-corrected chi connectivity index (χ1v) is 9.11. The first-order valence-electron chi connectivity index (χ1n) is 9.11. The fourth-order valence-corrected chi connectivity index (χ4v) is 3.43. The Morgan fingerprint density at radius 1 is 1.32 bits per heavy atom. The van der Waals surface area contributed by atoms with Crippen LogP contribution in [0.2, 0.25) is 0 Å². The Labute approximate surface area is 164 Å². The van der Waals surface area contributed by atoms with Crippen molar-refractivity contribution in [1.82, 2.24) is 19.8 Å². The number of nitrogens with two attached hydrogens (primary N) is 1. The number of amides is 1. The Kier molecular flexibility index (Phi) is 6.37. The smallest absolute Gasteiger partial charge is 0.255 e. The molecule has 1 aromatic carbocycles. The second-order valence-electron chi connectivity index (χ2n) is 6.67. The molecule has 28 heavy (non-hydrogen) atoms. The van der Waals surface area contributed by atoms with Gasteiger partial charge in [-0.2, -0.15) is 0 Å². The van der Waals surface area contributed by atoms with Gasteiger partial charge in [0.05, 0.1) is 20.3 Å². The molecule has 0 radical (unpaired) electrons. The molecule has 0 aliphatic carbocycles. The van der Waals surface area contributed by atoms with E-state index in [1.54, 1.807) is 14.2 Å². The summed E-state index contributed by atoms with van der Waals surface area (Å²) in [6.07, 6.45) is 3.78. The summed E-state index contributed by atoms with van der Waals surface area (Å²) in [7, 11) is 5.11. The molecule has 2 heterocycles. The quantitative estimate of drug-likeness (QED) is 0.675. The molecule has 0 bridgehead atoms. The van der Waals surface area contributed by atoms with Crippen molar-refractivity contribution in [2.75, 3.05) is 40.5 Å². The Morgan fingerprint density at radius 3 is 2.61 bits per heavy atom. The third kappa shape index (κ3) is 4.37. The van der Waals surface area contributed by atoms with Crippen molar-refractivity contribution >= 4 is 5.91 Å². The van der Waals surface area contributed by atoms with Gasteiger partial charge in [-0.05, 0) is 17.7 Å². The minimum atomic E-state index is -0.563. The third-order valence-corrected chi connectivity index (χ3v) is 4.78. The number of carbonyl (C=O) groups excluding carboxylic acids is 1. The van der Waals surface area contributed by atoms with Gasteiger partial charge in [-0.15, -0.1) is 0 Å². The zero-order valence-electron chi connectivity index (χ0n) is 16.5. The molecule has 1 aliphatic rings. The molecule has 1 amide bonds. The standard InChI is InChI=1S/C19H27N5O4/c1-23-6-5-22-19(23)14-10-21-4-7-24(14)11-13-8-15(26-2)18(16(9-13)27-3)28-12-17(20)25/h5-6,8-9,14,21H,4,7,10-12H2,1-3H3,(H2,20,25).